The van der Waals surface area contributed by atoms with Crippen molar-refractivity contribution in [2.75, 3.05) is 6.61 Å². The van der Waals surface area contributed by atoms with Gasteiger partial charge in [-0.15, -0.1) is 0 Å². The molecule has 64 valence electrons. The van der Waals surface area contributed by atoms with Crippen molar-refractivity contribution in [3.05, 3.63) is 29.6 Å². The first kappa shape index (κ1) is 8.87. The summed E-state index contributed by atoms with van der Waals surface area (Å²) >= 11 is 0. The van der Waals surface area contributed by atoms with Gasteiger partial charge in [0.1, 0.15) is 0 Å². The normalized spacial score (nSPS) is 9.75. The lowest BCUT2D eigenvalue weighted by atomic mass is 10.3. The lowest BCUT2D eigenvalue weighted by Crippen LogP contribution is -1.95. The quantitative estimate of drug-likeness (QED) is 0.633. The molecule has 0 amide bonds. The largest absolute Gasteiger partial charge is 0.375 e. The van der Waals surface area contributed by atoms with E-state index in [0.29, 0.717) is 18.8 Å². The molecule has 0 aliphatic heterocycles. The molecule has 3 heteroatoms. The van der Waals surface area contributed by atoms with Crippen LogP contribution in [0.5, 0.6) is 0 Å². The molecule has 12 heavy (non-hydrogen) atoms. The highest BCUT2D eigenvalue weighted by Crippen LogP contribution is 1.99. The van der Waals surface area contributed by atoms with Crippen LogP contribution in [0.25, 0.3) is 0 Å². The Morgan fingerprint density at radius 1 is 1.58 bits per heavy atom. The van der Waals surface area contributed by atoms with E-state index in [1.807, 2.05) is 6.92 Å². The third kappa shape index (κ3) is 2.43. The molecular weight excluding hydrogens is 154 g/mol. The lowest BCUT2D eigenvalue weighted by Gasteiger charge is -1.99. The molecule has 0 saturated heterocycles. The van der Waals surface area contributed by atoms with Crippen LogP contribution in [0.2, 0.25) is 0 Å². The van der Waals surface area contributed by atoms with Crippen LogP contribution >= 0.6 is 0 Å². The zero-order valence-electron chi connectivity index (χ0n) is 6.99. The van der Waals surface area contributed by atoms with E-state index >= 15 is 0 Å². The highest BCUT2D eigenvalue weighted by atomic mass is 16.5. The summed E-state index contributed by atoms with van der Waals surface area (Å²) in [5, 5.41) is 0. The van der Waals surface area contributed by atoms with E-state index in [1.54, 1.807) is 18.3 Å². The summed E-state index contributed by atoms with van der Waals surface area (Å²) in [6, 6.07) is 3.52. The fraction of sp³-hybridized carbons (Fsp3) is 0.333. The Bertz CT molecular complexity index is 243. The van der Waals surface area contributed by atoms with Crippen LogP contribution in [0, 0.1) is 0 Å². The molecule has 0 spiro atoms. The van der Waals surface area contributed by atoms with Crippen LogP contribution in [-0.4, -0.2) is 17.9 Å². The Hall–Kier alpha value is -1.22. The van der Waals surface area contributed by atoms with Crippen molar-refractivity contribution in [1.29, 1.82) is 0 Å². The van der Waals surface area contributed by atoms with Crippen LogP contribution in [0.15, 0.2) is 18.3 Å². The molecule has 0 bridgehead atoms. The van der Waals surface area contributed by atoms with Gasteiger partial charge in [0.25, 0.3) is 0 Å². The van der Waals surface area contributed by atoms with Gasteiger partial charge in [0.05, 0.1) is 12.3 Å². The topological polar surface area (TPSA) is 39.2 Å². The molecule has 3 nitrogen and oxygen atoms in total. The van der Waals surface area contributed by atoms with Gasteiger partial charge in [-0.3, -0.25) is 9.78 Å². The minimum absolute atomic E-state index is 0.510. The van der Waals surface area contributed by atoms with E-state index in [0.717, 1.165) is 12.0 Å². The molecule has 0 aliphatic rings. The number of carbonyl (C=O) groups excluding carboxylic acids is 1. The Kier molecular flexibility index (Phi) is 3.41. The molecule has 0 aromatic carbocycles. The van der Waals surface area contributed by atoms with Crippen molar-refractivity contribution >= 4 is 6.29 Å². The average molecular weight is 165 g/mol. The third-order valence-electron chi connectivity index (χ3n) is 1.44. The molecular formula is C9H11NO2. The Morgan fingerprint density at radius 2 is 2.42 bits per heavy atom. The van der Waals surface area contributed by atoms with Gasteiger partial charge < -0.3 is 4.74 Å². The second kappa shape index (κ2) is 4.62. The number of aldehydes is 1. The fourth-order valence-corrected chi connectivity index (χ4v) is 0.798. The van der Waals surface area contributed by atoms with Crippen molar-refractivity contribution in [3.8, 4) is 0 Å². The fourth-order valence-electron chi connectivity index (χ4n) is 0.798. The van der Waals surface area contributed by atoms with Crippen LogP contribution < -0.4 is 0 Å². The van der Waals surface area contributed by atoms with Crippen LogP contribution in [-0.2, 0) is 11.3 Å². The Morgan fingerprint density at radius 3 is 2.92 bits per heavy atom. The molecule has 0 unspecified atom stereocenters. The number of hydrogen-bond acceptors (Lipinski definition) is 3. The summed E-state index contributed by atoms with van der Waals surface area (Å²) in [5.74, 6) is 0. The number of aromatic nitrogens is 1. The van der Waals surface area contributed by atoms with Crippen molar-refractivity contribution in [1.82, 2.24) is 4.98 Å². The summed E-state index contributed by atoms with van der Waals surface area (Å²) in [6.45, 7) is 3.12. The molecule has 0 saturated carbocycles. The van der Waals surface area contributed by atoms with E-state index in [2.05, 4.69) is 4.98 Å². The van der Waals surface area contributed by atoms with Gasteiger partial charge in [0, 0.05) is 18.4 Å². The predicted octanol–water partition coefficient (Wildman–Crippen LogP) is 1.43. The predicted molar refractivity (Wildman–Crippen MR) is 45.0 cm³/mol. The molecule has 1 aromatic heterocycles. The summed E-state index contributed by atoms with van der Waals surface area (Å²) in [7, 11) is 0. The molecule has 0 atom stereocenters. The van der Waals surface area contributed by atoms with Crippen molar-refractivity contribution in [2.24, 2.45) is 0 Å². The van der Waals surface area contributed by atoms with Crippen molar-refractivity contribution < 1.29 is 9.53 Å². The summed E-state index contributed by atoms with van der Waals surface area (Å²) < 4.78 is 5.14. The number of ether oxygens (including phenoxy) is 1. The summed E-state index contributed by atoms with van der Waals surface area (Å²) in [6.07, 6.45) is 2.32. The lowest BCUT2D eigenvalue weighted by molar-refractivity contribution is 0.112. The number of nitrogens with zero attached hydrogens (tertiary/aromatic N) is 1. The Labute approximate surface area is 71.4 Å². The van der Waals surface area contributed by atoms with E-state index in [9.17, 15) is 4.79 Å². The minimum atomic E-state index is 0.510. The second-order valence-corrected chi connectivity index (χ2v) is 2.34. The molecule has 1 rings (SSSR count). The van der Waals surface area contributed by atoms with E-state index in [4.69, 9.17) is 4.74 Å². The number of hydrogen-bond donors (Lipinski definition) is 0. The summed E-state index contributed by atoms with van der Waals surface area (Å²) in [5.41, 5.74) is 1.44. The van der Waals surface area contributed by atoms with Gasteiger partial charge in [-0.1, -0.05) is 0 Å². The van der Waals surface area contributed by atoms with Gasteiger partial charge in [-0.05, 0) is 19.1 Å². The first-order valence-corrected chi connectivity index (χ1v) is 3.84. The maximum absolute atomic E-state index is 10.3. The molecule has 1 heterocycles. The number of pyridine rings is 1. The molecule has 0 N–H and O–H groups in total. The average Bonchev–Trinajstić information content (AvgIpc) is 2.15. The number of rotatable bonds is 4. The first-order chi connectivity index (χ1) is 5.86. The van der Waals surface area contributed by atoms with Gasteiger partial charge in [0.15, 0.2) is 6.29 Å². The smallest absolute Gasteiger partial charge is 0.151 e. The Balaban J connectivity index is 2.58. The second-order valence-electron chi connectivity index (χ2n) is 2.34. The van der Waals surface area contributed by atoms with Crippen LogP contribution in [0.3, 0.4) is 0 Å². The SMILES string of the molecule is CCOCc1ccc(C=O)cn1. The van der Waals surface area contributed by atoms with Crippen LogP contribution in [0.1, 0.15) is 23.0 Å². The minimum Gasteiger partial charge on any atom is -0.375 e. The maximum Gasteiger partial charge on any atom is 0.151 e. The standard InChI is InChI=1S/C9H11NO2/c1-2-12-7-9-4-3-8(6-11)5-10-9/h3-6H,2,7H2,1H3. The third-order valence-corrected chi connectivity index (χ3v) is 1.44. The molecule has 0 aliphatic carbocycles. The van der Waals surface area contributed by atoms with Crippen molar-refractivity contribution in [2.45, 2.75) is 13.5 Å². The van der Waals surface area contributed by atoms with Crippen molar-refractivity contribution in [3.63, 3.8) is 0 Å². The molecule has 0 radical (unpaired) electrons. The van der Waals surface area contributed by atoms with E-state index < -0.39 is 0 Å². The van der Waals surface area contributed by atoms with E-state index in [-0.39, 0.29) is 0 Å². The molecule has 0 fully saturated rings. The first-order valence-electron chi connectivity index (χ1n) is 3.84. The highest BCUT2D eigenvalue weighted by molar-refractivity contribution is 5.73. The monoisotopic (exact) mass is 165 g/mol. The number of carbonyl (C=O) groups is 1. The van der Waals surface area contributed by atoms with Gasteiger partial charge in [0.2, 0.25) is 0 Å². The van der Waals surface area contributed by atoms with Crippen LogP contribution in [0.4, 0.5) is 0 Å². The van der Waals surface area contributed by atoms with E-state index in [1.165, 1.54) is 0 Å². The zero-order valence-corrected chi connectivity index (χ0v) is 6.99. The highest BCUT2D eigenvalue weighted by Gasteiger charge is 1.93. The molecule has 1 aromatic rings. The van der Waals surface area contributed by atoms with Gasteiger partial charge in [-0.25, -0.2) is 0 Å². The summed E-state index contributed by atoms with van der Waals surface area (Å²) in [4.78, 5) is 14.3. The van der Waals surface area contributed by atoms with Gasteiger partial charge in [-0.2, -0.15) is 0 Å². The zero-order chi connectivity index (χ0) is 8.81. The maximum atomic E-state index is 10.3. The van der Waals surface area contributed by atoms with Gasteiger partial charge >= 0.3 is 0 Å².